The molecule has 0 fully saturated rings. The first-order chi connectivity index (χ1) is 9.08. The van der Waals surface area contributed by atoms with Crippen molar-refractivity contribution >= 4 is 5.95 Å². The maximum atomic E-state index is 13.6. The summed E-state index contributed by atoms with van der Waals surface area (Å²) in [6, 6.07) is 6.61. The van der Waals surface area contributed by atoms with E-state index in [0.717, 1.165) is 0 Å². The van der Waals surface area contributed by atoms with E-state index in [1.54, 1.807) is 30.6 Å². The monoisotopic (exact) mass is 260 g/mol. The molecular formula is C14H17FN4. The van der Waals surface area contributed by atoms with Crippen LogP contribution < -0.4 is 10.6 Å². The minimum atomic E-state index is -0.275. The maximum absolute atomic E-state index is 13.6. The van der Waals surface area contributed by atoms with Crippen LogP contribution in [0.2, 0.25) is 0 Å². The van der Waals surface area contributed by atoms with Gasteiger partial charge in [0, 0.05) is 43.2 Å². The number of likely N-dealkylation sites (N-methyl/N-ethyl adjacent to an activating group) is 1. The van der Waals surface area contributed by atoms with E-state index in [0.29, 0.717) is 23.6 Å². The molecule has 4 nitrogen and oxygen atoms in total. The summed E-state index contributed by atoms with van der Waals surface area (Å²) in [4.78, 5) is 10.4. The van der Waals surface area contributed by atoms with Crippen molar-refractivity contribution in [2.75, 3.05) is 18.5 Å². The highest BCUT2D eigenvalue weighted by Gasteiger charge is 2.08. The molecule has 0 spiro atoms. The van der Waals surface area contributed by atoms with Gasteiger partial charge in [0.25, 0.3) is 0 Å². The van der Waals surface area contributed by atoms with Crippen molar-refractivity contribution in [3.05, 3.63) is 42.5 Å². The minimum Gasteiger partial charge on any atom is -0.342 e. The summed E-state index contributed by atoms with van der Waals surface area (Å²) >= 11 is 0. The Morgan fingerprint density at radius 3 is 2.47 bits per heavy atom. The van der Waals surface area contributed by atoms with Crippen molar-refractivity contribution in [3.63, 3.8) is 0 Å². The fourth-order valence-electron chi connectivity index (χ4n) is 1.87. The van der Waals surface area contributed by atoms with Gasteiger partial charge in [-0.15, -0.1) is 0 Å². The number of halogens is 1. The van der Waals surface area contributed by atoms with Gasteiger partial charge in [0.2, 0.25) is 5.95 Å². The normalized spacial score (nSPS) is 12.2. The highest BCUT2D eigenvalue weighted by molar-refractivity contribution is 5.62. The van der Waals surface area contributed by atoms with Crippen molar-refractivity contribution in [2.45, 2.75) is 13.0 Å². The van der Waals surface area contributed by atoms with E-state index in [1.807, 2.05) is 18.9 Å². The molecule has 2 N–H and O–H groups in total. The summed E-state index contributed by atoms with van der Waals surface area (Å²) in [5, 5.41) is 0. The standard InChI is InChI=1S/C14H17FN4/c1-10(16)9-19(2)14-17-7-11(8-18-14)12-5-3-4-6-13(12)15/h3-8,10H,9,16H2,1-2H3. The maximum Gasteiger partial charge on any atom is 0.225 e. The van der Waals surface area contributed by atoms with Crippen molar-refractivity contribution in [3.8, 4) is 11.1 Å². The van der Waals surface area contributed by atoms with E-state index >= 15 is 0 Å². The zero-order valence-electron chi connectivity index (χ0n) is 11.0. The average molecular weight is 260 g/mol. The van der Waals surface area contributed by atoms with Gasteiger partial charge in [-0.05, 0) is 13.0 Å². The van der Waals surface area contributed by atoms with Crippen LogP contribution in [0.15, 0.2) is 36.7 Å². The Hall–Kier alpha value is -2.01. The Balaban J connectivity index is 2.21. The molecule has 0 saturated heterocycles. The van der Waals surface area contributed by atoms with E-state index < -0.39 is 0 Å². The quantitative estimate of drug-likeness (QED) is 0.914. The minimum absolute atomic E-state index is 0.0415. The van der Waals surface area contributed by atoms with Gasteiger partial charge in [0.05, 0.1) is 0 Å². The van der Waals surface area contributed by atoms with Crippen LogP contribution in [0, 0.1) is 5.82 Å². The number of nitrogens with zero attached hydrogens (tertiary/aromatic N) is 3. The van der Waals surface area contributed by atoms with Crippen molar-refractivity contribution in [2.24, 2.45) is 5.73 Å². The van der Waals surface area contributed by atoms with Gasteiger partial charge >= 0.3 is 0 Å². The molecule has 0 aliphatic rings. The number of nitrogens with two attached hydrogens (primary N) is 1. The second-order valence-electron chi connectivity index (χ2n) is 4.61. The molecule has 0 aliphatic carbocycles. The second-order valence-corrected chi connectivity index (χ2v) is 4.61. The van der Waals surface area contributed by atoms with Crippen LogP contribution in [0.25, 0.3) is 11.1 Å². The smallest absolute Gasteiger partial charge is 0.225 e. The summed E-state index contributed by atoms with van der Waals surface area (Å²) in [5.41, 5.74) is 6.89. The molecule has 2 rings (SSSR count). The first kappa shape index (κ1) is 13.4. The van der Waals surface area contributed by atoms with Gasteiger partial charge in [-0.25, -0.2) is 14.4 Å². The van der Waals surface area contributed by atoms with Crippen molar-refractivity contribution in [1.29, 1.82) is 0 Å². The van der Waals surface area contributed by atoms with Crippen LogP contribution in [0.5, 0.6) is 0 Å². The molecule has 1 aromatic carbocycles. The number of aromatic nitrogens is 2. The average Bonchev–Trinajstić information content (AvgIpc) is 2.39. The van der Waals surface area contributed by atoms with Crippen LogP contribution in [0.4, 0.5) is 10.3 Å². The Kier molecular flexibility index (Phi) is 4.06. The lowest BCUT2D eigenvalue weighted by molar-refractivity contribution is 0.631. The molecule has 1 heterocycles. The molecular weight excluding hydrogens is 243 g/mol. The highest BCUT2D eigenvalue weighted by Crippen LogP contribution is 2.21. The fraction of sp³-hybridized carbons (Fsp3) is 0.286. The number of hydrogen-bond acceptors (Lipinski definition) is 4. The fourth-order valence-corrected chi connectivity index (χ4v) is 1.87. The van der Waals surface area contributed by atoms with E-state index in [1.165, 1.54) is 6.07 Å². The molecule has 1 atom stereocenters. The summed E-state index contributed by atoms with van der Waals surface area (Å²) in [6.07, 6.45) is 3.25. The zero-order valence-corrected chi connectivity index (χ0v) is 11.0. The number of hydrogen-bond donors (Lipinski definition) is 1. The molecule has 0 aliphatic heterocycles. The molecule has 0 bridgehead atoms. The predicted molar refractivity (Wildman–Crippen MR) is 74.3 cm³/mol. The highest BCUT2D eigenvalue weighted by atomic mass is 19.1. The van der Waals surface area contributed by atoms with Gasteiger partial charge in [0.15, 0.2) is 0 Å². The van der Waals surface area contributed by atoms with E-state index in [9.17, 15) is 4.39 Å². The molecule has 0 amide bonds. The Bertz CT molecular complexity index is 539. The lowest BCUT2D eigenvalue weighted by Crippen LogP contribution is -2.33. The predicted octanol–water partition coefficient (Wildman–Crippen LogP) is 2.07. The molecule has 100 valence electrons. The SMILES string of the molecule is CC(N)CN(C)c1ncc(-c2ccccc2F)cn1. The van der Waals surface area contributed by atoms with Crippen molar-refractivity contribution < 1.29 is 4.39 Å². The molecule has 0 saturated carbocycles. The Morgan fingerprint density at radius 1 is 1.26 bits per heavy atom. The van der Waals surface area contributed by atoms with Crippen LogP contribution in [0.3, 0.4) is 0 Å². The van der Waals surface area contributed by atoms with Gasteiger partial charge in [0.1, 0.15) is 5.82 Å². The van der Waals surface area contributed by atoms with Crippen LogP contribution in [0.1, 0.15) is 6.92 Å². The van der Waals surface area contributed by atoms with Gasteiger partial charge in [-0.3, -0.25) is 0 Å². The third-order valence-electron chi connectivity index (χ3n) is 2.73. The summed E-state index contributed by atoms with van der Waals surface area (Å²) in [6.45, 7) is 2.59. The molecule has 5 heteroatoms. The van der Waals surface area contributed by atoms with Crippen molar-refractivity contribution in [1.82, 2.24) is 9.97 Å². The largest absolute Gasteiger partial charge is 0.342 e. The molecule has 1 unspecified atom stereocenters. The number of benzene rings is 1. The van der Waals surface area contributed by atoms with Crippen LogP contribution in [-0.4, -0.2) is 29.6 Å². The molecule has 2 aromatic rings. The lowest BCUT2D eigenvalue weighted by atomic mass is 10.1. The van der Waals surface area contributed by atoms with Gasteiger partial charge in [-0.1, -0.05) is 18.2 Å². The lowest BCUT2D eigenvalue weighted by Gasteiger charge is -2.19. The van der Waals surface area contributed by atoms with E-state index in [-0.39, 0.29) is 11.9 Å². The number of anilines is 1. The Labute approximate surface area is 112 Å². The Morgan fingerprint density at radius 2 is 1.89 bits per heavy atom. The number of rotatable bonds is 4. The molecule has 0 radical (unpaired) electrons. The van der Waals surface area contributed by atoms with Gasteiger partial charge < -0.3 is 10.6 Å². The summed E-state index contributed by atoms with van der Waals surface area (Å²) in [7, 11) is 1.88. The second kappa shape index (κ2) is 5.75. The zero-order chi connectivity index (χ0) is 13.8. The third-order valence-corrected chi connectivity index (χ3v) is 2.73. The van der Waals surface area contributed by atoms with Crippen LogP contribution in [-0.2, 0) is 0 Å². The first-order valence-electron chi connectivity index (χ1n) is 6.11. The van der Waals surface area contributed by atoms with E-state index in [2.05, 4.69) is 9.97 Å². The summed E-state index contributed by atoms with van der Waals surface area (Å²) < 4.78 is 13.6. The summed E-state index contributed by atoms with van der Waals surface area (Å²) in [5.74, 6) is 0.306. The van der Waals surface area contributed by atoms with E-state index in [4.69, 9.17) is 5.73 Å². The topological polar surface area (TPSA) is 55.0 Å². The molecule has 1 aromatic heterocycles. The first-order valence-corrected chi connectivity index (χ1v) is 6.11. The molecule has 19 heavy (non-hydrogen) atoms. The third kappa shape index (κ3) is 3.26. The van der Waals surface area contributed by atoms with Gasteiger partial charge in [-0.2, -0.15) is 0 Å². The van der Waals surface area contributed by atoms with Crippen LogP contribution >= 0.6 is 0 Å².